The van der Waals surface area contributed by atoms with Crippen LogP contribution in [0.25, 0.3) is 17.1 Å². The number of carbonyl (C=O) groups is 1. The van der Waals surface area contributed by atoms with Crippen molar-refractivity contribution in [2.75, 3.05) is 39.0 Å². The smallest absolute Gasteiger partial charge is 0.233 e. The van der Waals surface area contributed by atoms with Crippen molar-refractivity contribution in [3.63, 3.8) is 0 Å². The summed E-state index contributed by atoms with van der Waals surface area (Å²) in [4.78, 5) is 16.8. The third kappa shape index (κ3) is 4.63. The fraction of sp³-hybridized carbons (Fsp3) is 0.286. The molecule has 6 nitrogen and oxygen atoms in total. The molecule has 0 N–H and O–H groups in total. The predicted octanol–water partition coefficient (Wildman–Crippen LogP) is 3.45. The van der Waals surface area contributed by atoms with Crippen LogP contribution >= 0.6 is 23.4 Å². The maximum absolute atomic E-state index is 12.7. The van der Waals surface area contributed by atoms with Gasteiger partial charge in [0.1, 0.15) is 0 Å². The number of benzene rings is 2. The highest BCUT2D eigenvalue weighted by Crippen LogP contribution is 2.28. The first-order valence-electron chi connectivity index (χ1n) is 9.48. The van der Waals surface area contributed by atoms with Crippen molar-refractivity contribution in [1.82, 2.24) is 24.6 Å². The fourth-order valence-electron chi connectivity index (χ4n) is 3.23. The number of hydrogen-bond donors (Lipinski definition) is 0. The van der Waals surface area contributed by atoms with Gasteiger partial charge in [0, 0.05) is 42.5 Å². The third-order valence-corrected chi connectivity index (χ3v) is 6.10. The molecule has 0 unspecified atom stereocenters. The van der Waals surface area contributed by atoms with Gasteiger partial charge < -0.3 is 9.80 Å². The maximum atomic E-state index is 12.7. The van der Waals surface area contributed by atoms with Gasteiger partial charge in [-0.3, -0.25) is 9.36 Å². The first-order valence-corrected chi connectivity index (χ1v) is 10.8. The summed E-state index contributed by atoms with van der Waals surface area (Å²) < 4.78 is 1.99. The number of halogens is 1. The largest absolute Gasteiger partial charge is 0.339 e. The summed E-state index contributed by atoms with van der Waals surface area (Å²) in [6, 6.07) is 17.5. The maximum Gasteiger partial charge on any atom is 0.233 e. The van der Waals surface area contributed by atoms with E-state index in [1.807, 2.05) is 64.1 Å². The molecule has 2 aromatic carbocycles. The molecular formula is C21H22ClN5OS. The van der Waals surface area contributed by atoms with Gasteiger partial charge in [-0.15, -0.1) is 10.2 Å². The second kappa shape index (κ2) is 8.98. The molecule has 0 radical (unpaired) electrons. The number of likely N-dealkylation sites (N-methyl/N-ethyl adjacent to an activating group) is 1. The number of aromatic nitrogens is 3. The van der Waals surface area contributed by atoms with Crippen LogP contribution in [0.5, 0.6) is 0 Å². The van der Waals surface area contributed by atoms with Gasteiger partial charge in [0.2, 0.25) is 5.91 Å². The molecule has 1 saturated heterocycles. The first-order chi connectivity index (χ1) is 14.1. The van der Waals surface area contributed by atoms with E-state index in [4.69, 9.17) is 11.6 Å². The number of rotatable bonds is 5. The molecule has 1 aromatic heterocycles. The summed E-state index contributed by atoms with van der Waals surface area (Å²) in [5.74, 6) is 1.20. The van der Waals surface area contributed by atoms with Crippen molar-refractivity contribution in [3.05, 3.63) is 59.6 Å². The van der Waals surface area contributed by atoms with Gasteiger partial charge in [-0.05, 0) is 43.4 Å². The Morgan fingerprint density at radius 3 is 2.38 bits per heavy atom. The zero-order chi connectivity index (χ0) is 20.2. The number of carbonyl (C=O) groups excluding carboxylic acids is 1. The summed E-state index contributed by atoms with van der Waals surface area (Å²) >= 11 is 7.46. The summed E-state index contributed by atoms with van der Waals surface area (Å²) in [5, 5.41) is 10.2. The summed E-state index contributed by atoms with van der Waals surface area (Å²) in [7, 11) is 2.08. The van der Waals surface area contributed by atoms with E-state index in [0.29, 0.717) is 15.9 Å². The highest BCUT2D eigenvalue weighted by atomic mass is 35.5. The molecule has 1 amide bonds. The average Bonchev–Trinajstić information content (AvgIpc) is 3.17. The number of piperazine rings is 1. The van der Waals surface area contributed by atoms with Gasteiger partial charge in [0.25, 0.3) is 0 Å². The zero-order valence-electron chi connectivity index (χ0n) is 16.2. The molecule has 0 bridgehead atoms. The Morgan fingerprint density at radius 1 is 1.00 bits per heavy atom. The fourth-order valence-corrected chi connectivity index (χ4v) is 4.21. The van der Waals surface area contributed by atoms with Crippen LogP contribution in [-0.2, 0) is 4.79 Å². The van der Waals surface area contributed by atoms with Crippen LogP contribution < -0.4 is 0 Å². The van der Waals surface area contributed by atoms with Crippen molar-refractivity contribution in [3.8, 4) is 17.1 Å². The summed E-state index contributed by atoms with van der Waals surface area (Å²) in [5.41, 5.74) is 1.87. The quantitative estimate of drug-likeness (QED) is 0.584. The summed E-state index contributed by atoms with van der Waals surface area (Å²) in [6.45, 7) is 3.38. The van der Waals surface area contributed by atoms with Crippen LogP contribution in [0.4, 0.5) is 0 Å². The van der Waals surface area contributed by atoms with Crippen LogP contribution in [0, 0.1) is 0 Å². The van der Waals surface area contributed by atoms with E-state index in [9.17, 15) is 4.79 Å². The van der Waals surface area contributed by atoms with Crippen molar-refractivity contribution in [2.24, 2.45) is 0 Å². The SMILES string of the molecule is CN1CCN(C(=O)CSc2nnc(-c3ccc(Cl)cc3)n2-c2ccccc2)CC1. The average molecular weight is 428 g/mol. The Kier molecular flexibility index (Phi) is 6.18. The first kappa shape index (κ1) is 19.9. The van der Waals surface area contributed by atoms with Crippen LogP contribution in [0.2, 0.25) is 5.02 Å². The van der Waals surface area contributed by atoms with Gasteiger partial charge in [-0.2, -0.15) is 0 Å². The molecule has 0 atom stereocenters. The number of para-hydroxylation sites is 1. The molecule has 29 heavy (non-hydrogen) atoms. The second-order valence-corrected chi connectivity index (χ2v) is 8.34. The standard InChI is InChI=1S/C21H22ClN5OS/c1-25-11-13-26(14-12-25)19(28)15-29-21-24-23-20(16-7-9-17(22)10-8-16)27(21)18-5-3-2-4-6-18/h2-10H,11-15H2,1H3. The minimum atomic E-state index is 0.138. The Labute approximate surface area is 179 Å². The number of nitrogens with zero attached hydrogens (tertiary/aromatic N) is 5. The summed E-state index contributed by atoms with van der Waals surface area (Å²) in [6.07, 6.45) is 0. The minimum Gasteiger partial charge on any atom is -0.339 e. The molecule has 1 aliphatic rings. The Hall–Kier alpha value is -2.35. The van der Waals surface area contributed by atoms with E-state index >= 15 is 0 Å². The molecule has 3 aromatic rings. The zero-order valence-corrected chi connectivity index (χ0v) is 17.7. The molecule has 1 fully saturated rings. The van der Waals surface area contributed by atoms with E-state index < -0.39 is 0 Å². The lowest BCUT2D eigenvalue weighted by Crippen LogP contribution is -2.47. The van der Waals surface area contributed by atoms with Crippen molar-refractivity contribution < 1.29 is 4.79 Å². The molecule has 8 heteroatoms. The van der Waals surface area contributed by atoms with Crippen molar-refractivity contribution in [2.45, 2.75) is 5.16 Å². The van der Waals surface area contributed by atoms with Crippen LogP contribution in [0.3, 0.4) is 0 Å². The van der Waals surface area contributed by atoms with Crippen LogP contribution in [0.1, 0.15) is 0 Å². The van der Waals surface area contributed by atoms with Gasteiger partial charge in [-0.25, -0.2) is 0 Å². The molecule has 0 aliphatic carbocycles. The lowest BCUT2D eigenvalue weighted by molar-refractivity contribution is -0.129. The Morgan fingerprint density at radius 2 is 1.69 bits per heavy atom. The molecule has 150 valence electrons. The lowest BCUT2D eigenvalue weighted by atomic mass is 10.2. The van der Waals surface area contributed by atoms with Gasteiger partial charge in [0.15, 0.2) is 11.0 Å². The topological polar surface area (TPSA) is 54.3 Å². The van der Waals surface area contributed by atoms with Gasteiger partial charge in [-0.1, -0.05) is 41.6 Å². The monoisotopic (exact) mass is 427 g/mol. The van der Waals surface area contributed by atoms with E-state index in [1.54, 1.807) is 0 Å². The minimum absolute atomic E-state index is 0.138. The van der Waals surface area contributed by atoms with E-state index in [-0.39, 0.29) is 5.91 Å². The number of hydrogen-bond acceptors (Lipinski definition) is 5. The van der Waals surface area contributed by atoms with Crippen LogP contribution in [0.15, 0.2) is 59.8 Å². The van der Waals surface area contributed by atoms with E-state index in [0.717, 1.165) is 43.3 Å². The van der Waals surface area contributed by atoms with Crippen molar-refractivity contribution >= 4 is 29.3 Å². The van der Waals surface area contributed by atoms with Crippen molar-refractivity contribution in [1.29, 1.82) is 0 Å². The molecular weight excluding hydrogens is 406 g/mol. The molecule has 0 saturated carbocycles. The van der Waals surface area contributed by atoms with E-state index in [2.05, 4.69) is 22.1 Å². The van der Waals surface area contributed by atoms with E-state index in [1.165, 1.54) is 11.8 Å². The highest BCUT2D eigenvalue weighted by molar-refractivity contribution is 7.99. The van der Waals surface area contributed by atoms with Gasteiger partial charge >= 0.3 is 0 Å². The third-order valence-electron chi connectivity index (χ3n) is 4.93. The Bertz CT molecular complexity index is 968. The lowest BCUT2D eigenvalue weighted by Gasteiger charge is -2.32. The second-order valence-electron chi connectivity index (χ2n) is 6.96. The molecule has 1 aliphatic heterocycles. The predicted molar refractivity (Wildman–Crippen MR) is 117 cm³/mol. The molecule has 2 heterocycles. The van der Waals surface area contributed by atoms with Gasteiger partial charge in [0.05, 0.1) is 5.75 Å². The van der Waals surface area contributed by atoms with Crippen LogP contribution in [-0.4, -0.2) is 69.5 Å². The molecule has 0 spiro atoms. The highest BCUT2D eigenvalue weighted by Gasteiger charge is 2.21. The number of amides is 1. The Balaban J connectivity index is 1.58. The molecule has 4 rings (SSSR count). The normalized spacial score (nSPS) is 14.9. The number of thioether (sulfide) groups is 1.